The van der Waals surface area contributed by atoms with E-state index in [1.54, 1.807) is 4.31 Å². The van der Waals surface area contributed by atoms with E-state index >= 15 is 0 Å². The molecule has 16 heavy (non-hydrogen) atoms. The standard InChI is InChI=1S/C11H24N2O2S/c1-3-10-16(14,15)13-8-5-11(6-9-13)4-7-12-2/h11-12H,3-10H2,1-2H3. The highest BCUT2D eigenvalue weighted by molar-refractivity contribution is 7.89. The molecule has 4 nitrogen and oxygen atoms in total. The minimum atomic E-state index is -2.96. The summed E-state index contributed by atoms with van der Waals surface area (Å²) in [5.41, 5.74) is 0. The van der Waals surface area contributed by atoms with Crippen molar-refractivity contribution in [3.63, 3.8) is 0 Å². The molecule has 0 aromatic rings. The second-order valence-corrected chi connectivity index (χ2v) is 6.64. The van der Waals surface area contributed by atoms with Crippen molar-refractivity contribution >= 4 is 10.0 Å². The van der Waals surface area contributed by atoms with Gasteiger partial charge < -0.3 is 5.32 Å². The molecule has 96 valence electrons. The van der Waals surface area contributed by atoms with E-state index in [9.17, 15) is 8.42 Å². The van der Waals surface area contributed by atoms with Crippen molar-refractivity contribution in [2.24, 2.45) is 5.92 Å². The Labute approximate surface area is 99.5 Å². The summed E-state index contributed by atoms with van der Waals surface area (Å²) in [6.07, 6.45) is 3.91. The summed E-state index contributed by atoms with van der Waals surface area (Å²) in [6, 6.07) is 0. The summed E-state index contributed by atoms with van der Waals surface area (Å²) in [4.78, 5) is 0. The summed E-state index contributed by atoms with van der Waals surface area (Å²) in [7, 11) is -1.00. The molecule has 0 bridgehead atoms. The van der Waals surface area contributed by atoms with Crippen molar-refractivity contribution in [3.05, 3.63) is 0 Å². The van der Waals surface area contributed by atoms with E-state index in [-0.39, 0.29) is 0 Å². The van der Waals surface area contributed by atoms with Crippen LogP contribution in [0.4, 0.5) is 0 Å². The summed E-state index contributed by atoms with van der Waals surface area (Å²) in [6.45, 7) is 4.39. The van der Waals surface area contributed by atoms with E-state index in [1.807, 2.05) is 14.0 Å². The van der Waals surface area contributed by atoms with Crippen LogP contribution >= 0.6 is 0 Å². The van der Waals surface area contributed by atoms with Gasteiger partial charge in [-0.1, -0.05) is 6.92 Å². The van der Waals surface area contributed by atoms with Crippen molar-refractivity contribution in [2.75, 3.05) is 32.4 Å². The number of sulfonamides is 1. The van der Waals surface area contributed by atoms with Crippen LogP contribution in [0.5, 0.6) is 0 Å². The highest BCUT2D eigenvalue weighted by atomic mass is 32.2. The topological polar surface area (TPSA) is 49.4 Å². The zero-order valence-electron chi connectivity index (χ0n) is 10.4. The molecule has 1 fully saturated rings. The van der Waals surface area contributed by atoms with Gasteiger partial charge in [-0.25, -0.2) is 12.7 Å². The highest BCUT2D eigenvalue weighted by Gasteiger charge is 2.26. The summed E-state index contributed by atoms with van der Waals surface area (Å²) < 4.78 is 25.3. The number of hydrogen-bond acceptors (Lipinski definition) is 3. The van der Waals surface area contributed by atoms with E-state index in [2.05, 4.69) is 5.32 Å². The van der Waals surface area contributed by atoms with Crippen LogP contribution in [0.25, 0.3) is 0 Å². The third kappa shape index (κ3) is 4.03. The molecule has 1 N–H and O–H groups in total. The van der Waals surface area contributed by atoms with Gasteiger partial charge >= 0.3 is 0 Å². The van der Waals surface area contributed by atoms with Gasteiger partial charge in [-0.15, -0.1) is 0 Å². The van der Waals surface area contributed by atoms with Crippen LogP contribution in [0.1, 0.15) is 32.6 Å². The largest absolute Gasteiger partial charge is 0.320 e. The van der Waals surface area contributed by atoms with Gasteiger partial charge in [0.2, 0.25) is 10.0 Å². The van der Waals surface area contributed by atoms with Crippen LogP contribution in [-0.2, 0) is 10.0 Å². The molecular weight excluding hydrogens is 224 g/mol. The lowest BCUT2D eigenvalue weighted by molar-refractivity contribution is 0.263. The number of piperidine rings is 1. The fourth-order valence-corrected chi connectivity index (χ4v) is 3.75. The molecule has 0 unspecified atom stereocenters. The van der Waals surface area contributed by atoms with Crippen molar-refractivity contribution < 1.29 is 8.42 Å². The lowest BCUT2D eigenvalue weighted by Crippen LogP contribution is -2.40. The number of nitrogens with one attached hydrogen (secondary N) is 1. The van der Waals surface area contributed by atoms with Crippen LogP contribution in [0, 0.1) is 5.92 Å². The third-order valence-corrected chi connectivity index (χ3v) is 5.31. The number of rotatable bonds is 6. The van der Waals surface area contributed by atoms with E-state index in [0.717, 1.165) is 38.9 Å². The normalized spacial score (nSPS) is 20.1. The molecule has 0 aromatic heterocycles. The molecular formula is C11H24N2O2S. The average Bonchev–Trinajstić information content (AvgIpc) is 2.27. The summed E-state index contributed by atoms with van der Waals surface area (Å²) in [5, 5.41) is 3.14. The van der Waals surface area contributed by atoms with Gasteiger partial charge in [0.05, 0.1) is 5.75 Å². The smallest absolute Gasteiger partial charge is 0.214 e. The van der Waals surface area contributed by atoms with E-state index in [1.165, 1.54) is 0 Å². The van der Waals surface area contributed by atoms with Crippen LogP contribution in [0.2, 0.25) is 0 Å². The van der Waals surface area contributed by atoms with Crippen molar-refractivity contribution in [1.82, 2.24) is 9.62 Å². The van der Waals surface area contributed by atoms with E-state index in [0.29, 0.717) is 18.1 Å². The molecule has 1 saturated heterocycles. The van der Waals surface area contributed by atoms with Crippen molar-refractivity contribution in [3.8, 4) is 0 Å². The van der Waals surface area contributed by atoms with Crippen LogP contribution in [0.3, 0.4) is 0 Å². The number of nitrogens with zero attached hydrogens (tertiary/aromatic N) is 1. The predicted molar refractivity (Wildman–Crippen MR) is 66.9 cm³/mol. The molecule has 0 saturated carbocycles. The van der Waals surface area contributed by atoms with Gasteiger partial charge in [-0.05, 0) is 45.2 Å². The molecule has 0 spiro atoms. The lowest BCUT2D eigenvalue weighted by Gasteiger charge is -2.31. The quantitative estimate of drug-likeness (QED) is 0.764. The summed E-state index contributed by atoms with van der Waals surface area (Å²) in [5.74, 6) is 0.995. The molecule has 0 aliphatic carbocycles. The summed E-state index contributed by atoms with van der Waals surface area (Å²) >= 11 is 0. The second-order valence-electron chi connectivity index (χ2n) is 4.55. The molecule has 1 heterocycles. The lowest BCUT2D eigenvalue weighted by atomic mass is 9.95. The molecule has 1 rings (SSSR count). The van der Waals surface area contributed by atoms with Gasteiger partial charge in [-0.2, -0.15) is 0 Å². The van der Waals surface area contributed by atoms with Gasteiger partial charge in [-0.3, -0.25) is 0 Å². The van der Waals surface area contributed by atoms with Crippen LogP contribution in [0.15, 0.2) is 0 Å². The molecule has 1 aliphatic heterocycles. The first-order chi connectivity index (χ1) is 7.60. The second kappa shape index (κ2) is 6.57. The Morgan fingerprint density at radius 1 is 1.31 bits per heavy atom. The minimum absolute atomic E-state index is 0.300. The first-order valence-corrected chi connectivity index (χ1v) is 7.83. The predicted octanol–water partition coefficient (Wildman–Crippen LogP) is 1.05. The van der Waals surface area contributed by atoms with Crippen molar-refractivity contribution in [2.45, 2.75) is 32.6 Å². The Hall–Kier alpha value is -0.130. The third-order valence-electron chi connectivity index (χ3n) is 3.23. The molecule has 0 aromatic carbocycles. The monoisotopic (exact) mass is 248 g/mol. The number of hydrogen-bond donors (Lipinski definition) is 1. The Morgan fingerprint density at radius 3 is 2.44 bits per heavy atom. The van der Waals surface area contributed by atoms with Gasteiger partial charge in [0.1, 0.15) is 0 Å². The Kier molecular flexibility index (Phi) is 5.72. The van der Waals surface area contributed by atoms with Crippen molar-refractivity contribution in [1.29, 1.82) is 0 Å². The van der Waals surface area contributed by atoms with E-state index in [4.69, 9.17) is 0 Å². The molecule has 1 aliphatic rings. The van der Waals surface area contributed by atoms with Crippen LogP contribution < -0.4 is 5.32 Å². The minimum Gasteiger partial charge on any atom is -0.320 e. The molecule has 0 amide bonds. The molecule has 5 heteroatoms. The molecule has 0 atom stereocenters. The average molecular weight is 248 g/mol. The fraction of sp³-hybridized carbons (Fsp3) is 1.00. The Bertz CT molecular complexity index is 282. The van der Waals surface area contributed by atoms with Crippen LogP contribution in [-0.4, -0.2) is 45.2 Å². The maximum absolute atomic E-state index is 11.8. The van der Waals surface area contributed by atoms with E-state index < -0.39 is 10.0 Å². The zero-order valence-corrected chi connectivity index (χ0v) is 11.2. The van der Waals surface area contributed by atoms with Gasteiger partial charge in [0.25, 0.3) is 0 Å². The first kappa shape index (κ1) is 13.9. The Morgan fingerprint density at radius 2 is 1.94 bits per heavy atom. The zero-order chi connectivity index (χ0) is 12.0. The maximum atomic E-state index is 11.8. The maximum Gasteiger partial charge on any atom is 0.214 e. The fourth-order valence-electron chi connectivity index (χ4n) is 2.21. The van der Waals surface area contributed by atoms with Gasteiger partial charge in [0, 0.05) is 13.1 Å². The SMILES string of the molecule is CCCS(=O)(=O)N1CCC(CCNC)CC1. The molecule has 0 radical (unpaired) electrons. The Balaban J connectivity index is 2.37. The van der Waals surface area contributed by atoms with Gasteiger partial charge in [0.15, 0.2) is 0 Å². The highest BCUT2D eigenvalue weighted by Crippen LogP contribution is 2.22. The first-order valence-electron chi connectivity index (χ1n) is 6.22.